The lowest BCUT2D eigenvalue weighted by Gasteiger charge is -2.14. The Morgan fingerprint density at radius 3 is 2.75 bits per heavy atom. The minimum absolute atomic E-state index is 0.0729. The molecule has 5 heteroatoms. The first-order valence-corrected chi connectivity index (χ1v) is 8.56. The van der Waals surface area contributed by atoms with Gasteiger partial charge in [0.15, 0.2) is 6.61 Å². The number of halogens is 1. The molecule has 0 fully saturated rings. The average molecular weight is 389 g/mol. The van der Waals surface area contributed by atoms with Crippen LogP contribution in [-0.2, 0) is 4.79 Å². The van der Waals surface area contributed by atoms with E-state index in [4.69, 9.17) is 4.74 Å². The van der Waals surface area contributed by atoms with Crippen molar-refractivity contribution in [3.8, 4) is 5.75 Å². The van der Waals surface area contributed by atoms with Crippen molar-refractivity contribution in [2.75, 3.05) is 6.61 Å². The van der Waals surface area contributed by atoms with Gasteiger partial charge in [-0.05, 0) is 36.1 Å². The summed E-state index contributed by atoms with van der Waals surface area (Å²) in [5.41, 5.74) is 5.55. The molecule has 0 atom stereocenters. The Morgan fingerprint density at radius 1 is 1.29 bits per heavy atom. The summed E-state index contributed by atoms with van der Waals surface area (Å²) < 4.78 is 6.59. The van der Waals surface area contributed by atoms with Gasteiger partial charge in [0.1, 0.15) is 5.75 Å². The van der Waals surface area contributed by atoms with Crippen LogP contribution in [0.4, 0.5) is 0 Å². The number of hydrogen-bond acceptors (Lipinski definition) is 3. The Balaban J connectivity index is 1.92. The molecule has 2 rings (SSSR count). The number of aryl methyl sites for hydroxylation is 1. The van der Waals surface area contributed by atoms with Crippen LogP contribution in [0.3, 0.4) is 0 Å². The van der Waals surface area contributed by atoms with E-state index in [2.05, 4.69) is 40.3 Å². The maximum atomic E-state index is 11.9. The van der Waals surface area contributed by atoms with Crippen LogP contribution in [0, 0.1) is 6.92 Å². The van der Waals surface area contributed by atoms with Crippen molar-refractivity contribution in [3.63, 3.8) is 0 Å². The quantitative estimate of drug-likeness (QED) is 0.588. The standard InChI is InChI=1S/C19H21BrN2O2/c1-13(2)16-9-8-14(3)10-18(16)24-12-19(23)22-21-11-15-6-4-5-7-17(15)20/h4-11,13H,12H2,1-3H3,(H,22,23)/b21-11-. The summed E-state index contributed by atoms with van der Waals surface area (Å²) >= 11 is 3.42. The van der Waals surface area contributed by atoms with Gasteiger partial charge in [0.05, 0.1) is 6.21 Å². The molecule has 0 aliphatic carbocycles. The fourth-order valence-corrected chi connectivity index (χ4v) is 2.56. The number of ether oxygens (including phenoxy) is 1. The minimum atomic E-state index is -0.297. The van der Waals surface area contributed by atoms with Crippen molar-refractivity contribution in [1.82, 2.24) is 5.43 Å². The number of rotatable bonds is 6. The number of nitrogens with one attached hydrogen (secondary N) is 1. The van der Waals surface area contributed by atoms with Crippen molar-refractivity contribution < 1.29 is 9.53 Å². The second-order valence-electron chi connectivity index (χ2n) is 5.80. The zero-order chi connectivity index (χ0) is 17.5. The summed E-state index contributed by atoms with van der Waals surface area (Å²) in [4.78, 5) is 11.9. The molecule has 2 aromatic carbocycles. The van der Waals surface area contributed by atoms with E-state index in [9.17, 15) is 4.79 Å². The van der Waals surface area contributed by atoms with E-state index in [0.717, 1.165) is 26.9 Å². The number of hydrazone groups is 1. The van der Waals surface area contributed by atoms with Crippen LogP contribution in [0.2, 0.25) is 0 Å². The van der Waals surface area contributed by atoms with Gasteiger partial charge in [-0.25, -0.2) is 5.43 Å². The highest BCUT2D eigenvalue weighted by Crippen LogP contribution is 2.27. The second-order valence-corrected chi connectivity index (χ2v) is 6.65. The predicted molar refractivity (Wildman–Crippen MR) is 101 cm³/mol. The second kappa shape index (κ2) is 8.64. The SMILES string of the molecule is Cc1ccc(C(C)C)c(OCC(=O)N/N=C\c2ccccc2Br)c1. The first kappa shape index (κ1) is 18.2. The molecule has 0 heterocycles. The topological polar surface area (TPSA) is 50.7 Å². The van der Waals surface area contributed by atoms with Gasteiger partial charge < -0.3 is 4.74 Å². The van der Waals surface area contributed by atoms with Gasteiger partial charge >= 0.3 is 0 Å². The summed E-state index contributed by atoms with van der Waals surface area (Å²) in [5, 5.41) is 3.96. The fraction of sp³-hybridized carbons (Fsp3) is 0.263. The van der Waals surface area contributed by atoms with Gasteiger partial charge in [0, 0.05) is 10.0 Å². The van der Waals surface area contributed by atoms with Gasteiger partial charge in [-0.2, -0.15) is 5.10 Å². The number of benzene rings is 2. The molecule has 0 bridgehead atoms. The predicted octanol–water partition coefficient (Wildman–Crippen LogP) is 4.41. The van der Waals surface area contributed by atoms with E-state index >= 15 is 0 Å². The smallest absolute Gasteiger partial charge is 0.277 e. The van der Waals surface area contributed by atoms with Gasteiger partial charge in [-0.3, -0.25) is 4.79 Å². The van der Waals surface area contributed by atoms with E-state index in [0.29, 0.717) is 5.92 Å². The minimum Gasteiger partial charge on any atom is -0.483 e. The Morgan fingerprint density at radius 2 is 2.04 bits per heavy atom. The van der Waals surface area contributed by atoms with Crippen LogP contribution in [0.15, 0.2) is 52.0 Å². The number of nitrogens with zero attached hydrogens (tertiary/aromatic N) is 1. The van der Waals surface area contributed by atoms with E-state index in [1.165, 1.54) is 0 Å². The maximum Gasteiger partial charge on any atom is 0.277 e. The van der Waals surface area contributed by atoms with Gasteiger partial charge in [0.2, 0.25) is 0 Å². The van der Waals surface area contributed by atoms with E-state index in [1.807, 2.05) is 49.4 Å². The van der Waals surface area contributed by atoms with Crippen LogP contribution >= 0.6 is 15.9 Å². The third kappa shape index (κ3) is 5.20. The zero-order valence-electron chi connectivity index (χ0n) is 14.0. The first-order chi connectivity index (χ1) is 11.5. The lowest BCUT2D eigenvalue weighted by atomic mass is 10.0. The molecule has 0 saturated heterocycles. The van der Waals surface area contributed by atoms with Crippen molar-refractivity contribution in [3.05, 3.63) is 63.6 Å². The molecule has 0 radical (unpaired) electrons. The molecule has 0 aromatic heterocycles. The molecule has 0 unspecified atom stereocenters. The van der Waals surface area contributed by atoms with Gasteiger partial charge in [-0.15, -0.1) is 0 Å². The monoisotopic (exact) mass is 388 g/mol. The Bertz CT molecular complexity index is 742. The molecule has 1 N–H and O–H groups in total. The van der Waals surface area contributed by atoms with Crippen LogP contribution in [0.25, 0.3) is 0 Å². The highest BCUT2D eigenvalue weighted by molar-refractivity contribution is 9.10. The Hall–Kier alpha value is -2.14. The average Bonchev–Trinajstić information content (AvgIpc) is 2.54. The molecular weight excluding hydrogens is 368 g/mol. The molecule has 0 aliphatic rings. The zero-order valence-corrected chi connectivity index (χ0v) is 15.6. The Kier molecular flexibility index (Phi) is 6.55. The number of carbonyl (C=O) groups excluding carboxylic acids is 1. The van der Waals surface area contributed by atoms with Crippen molar-refractivity contribution >= 4 is 28.1 Å². The number of hydrogen-bond donors (Lipinski definition) is 1. The third-order valence-corrected chi connectivity index (χ3v) is 4.17. The molecule has 2 aromatic rings. The van der Waals surface area contributed by atoms with Gasteiger partial charge in [-0.1, -0.05) is 60.1 Å². The summed E-state index contributed by atoms with van der Waals surface area (Å²) in [6.07, 6.45) is 1.59. The first-order valence-electron chi connectivity index (χ1n) is 7.77. The van der Waals surface area contributed by atoms with Crippen molar-refractivity contribution in [2.24, 2.45) is 5.10 Å². The molecule has 126 valence electrons. The maximum absolute atomic E-state index is 11.9. The lowest BCUT2D eigenvalue weighted by molar-refractivity contribution is -0.123. The Labute approximate surface area is 151 Å². The molecule has 0 aliphatic heterocycles. The van der Waals surface area contributed by atoms with Crippen LogP contribution in [0.1, 0.15) is 36.5 Å². The van der Waals surface area contributed by atoms with Crippen molar-refractivity contribution in [1.29, 1.82) is 0 Å². The third-order valence-electron chi connectivity index (χ3n) is 3.45. The van der Waals surface area contributed by atoms with Gasteiger partial charge in [0.25, 0.3) is 5.91 Å². The molecule has 1 amide bonds. The van der Waals surface area contributed by atoms with Crippen LogP contribution in [-0.4, -0.2) is 18.7 Å². The molecule has 4 nitrogen and oxygen atoms in total. The number of amides is 1. The van der Waals surface area contributed by atoms with Crippen molar-refractivity contribution in [2.45, 2.75) is 26.7 Å². The lowest BCUT2D eigenvalue weighted by Crippen LogP contribution is -2.25. The number of carbonyl (C=O) groups is 1. The van der Waals surface area contributed by atoms with E-state index in [1.54, 1.807) is 6.21 Å². The molecular formula is C19H21BrN2O2. The summed E-state index contributed by atoms with van der Waals surface area (Å²) in [5.74, 6) is 0.779. The van der Waals surface area contributed by atoms with Crippen LogP contribution < -0.4 is 10.2 Å². The molecule has 0 saturated carbocycles. The molecule has 24 heavy (non-hydrogen) atoms. The van der Waals surface area contributed by atoms with Crippen LogP contribution in [0.5, 0.6) is 5.75 Å². The molecule has 0 spiro atoms. The summed E-state index contributed by atoms with van der Waals surface area (Å²) in [6, 6.07) is 13.7. The fourth-order valence-electron chi connectivity index (χ4n) is 2.17. The largest absolute Gasteiger partial charge is 0.483 e. The van der Waals surface area contributed by atoms with E-state index < -0.39 is 0 Å². The summed E-state index contributed by atoms with van der Waals surface area (Å²) in [7, 11) is 0. The highest BCUT2D eigenvalue weighted by atomic mass is 79.9. The normalized spacial score (nSPS) is 11.0. The summed E-state index contributed by atoms with van der Waals surface area (Å²) in [6.45, 7) is 6.12. The van der Waals surface area contributed by atoms with E-state index in [-0.39, 0.29) is 12.5 Å². The highest BCUT2D eigenvalue weighted by Gasteiger charge is 2.10.